The van der Waals surface area contributed by atoms with Crippen LogP contribution in [0.3, 0.4) is 0 Å². The lowest BCUT2D eigenvalue weighted by Crippen LogP contribution is -2.36. The largest absolute Gasteiger partial charge is 0.484 e. The maximum Gasteiger partial charge on any atom is 0.308 e. The van der Waals surface area contributed by atoms with E-state index >= 15 is 0 Å². The smallest absolute Gasteiger partial charge is 0.308 e. The zero-order valence-electron chi connectivity index (χ0n) is 13.9. The van der Waals surface area contributed by atoms with E-state index in [1.165, 1.54) is 10.5 Å². The van der Waals surface area contributed by atoms with Crippen molar-refractivity contribution in [1.82, 2.24) is 4.90 Å². The Morgan fingerprint density at radius 1 is 1.23 bits per heavy atom. The molecule has 22 heavy (non-hydrogen) atoms. The van der Waals surface area contributed by atoms with Crippen LogP contribution in [0.25, 0.3) is 0 Å². The Morgan fingerprint density at radius 3 is 2.23 bits per heavy atom. The van der Waals surface area contributed by atoms with Gasteiger partial charge in [-0.15, -0.1) is 0 Å². The Bertz CT molecular complexity index is 516. The number of hydrogen-bond acceptors (Lipinski definition) is 3. The number of nitrogens with zero attached hydrogens (tertiary/aromatic N) is 1. The van der Waals surface area contributed by atoms with Gasteiger partial charge < -0.3 is 14.7 Å². The number of carboxylic acids is 1. The lowest BCUT2D eigenvalue weighted by Gasteiger charge is -2.20. The van der Waals surface area contributed by atoms with Gasteiger partial charge in [0.15, 0.2) is 6.61 Å². The molecule has 0 aliphatic carbocycles. The summed E-state index contributed by atoms with van der Waals surface area (Å²) in [6.07, 6.45) is 0. The lowest BCUT2D eigenvalue weighted by atomic mass is 9.87. The molecule has 0 radical (unpaired) electrons. The predicted molar refractivity (Wildman–Crippen MR) is 85.1 cm³/mol. The quantitative estimate of drug-likeness (QED) is 0.877. The molecule has 0 saturated carbocycles. The van der Waals surface area contributed by atoms with Crippen molar-refractivity contribution in [3.05, 3.63) is 29.8 Å². The van der Waals surface area contributed by atoms with Crippen molar-refractivity contribution in [2.75, 3.05) is 20.2 Å². The van der Waals surface area contributed by atoms with Gasteiger partial charge in [-0.3, -0.25) is 9.59 Å². The van der Waals surface area contributed by atoms with Gasteiger partial charge in [0.05, 0.1) is 5.92 Å². The highest BCUT2D eigenvalue weighted by Crippen LogP contribution is 2.24. The Hall–Kier alpha value is -2.04. The van der Waals surface area contributed by atoms with E-state index in [-0.39, 0.29) is 24.5 Å². The molecule has 0 spiro atoms. The third-order valence-corrected chi connectivity index (χ3v) is 3.48. The summed E-state index contributed by atoms with van der Waals surface area (Å²) >= 11 is 0. The van der Waals surface area contributed by atoms with Crippen LogP contribution in [0.1, 0.15) is 33.3 Å². The molecule has 0 aliphatic rings. The molecule has 1 aromatic rings. The first kappa shape index (κ1) is 18.0. The molecular weight excluding hydrogens is 282 g/mol. The molecule has 0 aliphatic heterocycles. The van der Waals surface area contributed by atoms with Crippen molar-refractivity contribution in [3.8, 4) is 5.75 Å². The zero-order valence-corrected chi connectivity index (χ0v) is 13.9. The summed E-state index contributed by atoms with van der Waals surface area (Å²) in [6, 6.07) is 7.65. The molecule has 0 saturated heterocycles. The first-order valence-corrected chi connectivity index (χ1v) is 7.31. The monoisotopic (exact) mass is 307 g/mol. The van der Waals surface area contributed by atoms with Crippen molar-refractivity contribution in [2.45, 2.75) is 33.1 Å². The number of carbonyl (C=O) groups is 2. The van der Waals surface area contributed by atoms with Crippen LogP contribution in [0, 0.1) is 5.92 Å². The van der Waals surface area contributed by atoms with Crippen LogP contribution in [0.2, 0.25) is 0 Å². The van der Waals surface area contributed by atoms with E-state index in [0.717, 1.165) is 0 Å². The Balaban J connectivity index is 2.52. The summed E-state index contributed by atoms with van der Waals surface area (Å²) in [7, 11) is 1.58. The molecule has 1 N–H and O–H groups in total. The molecule has 122 valence electrons. The van der Waals surface area contributed by atoms with Crippen molar-refractivity contribution < 1.29 is 19.4 Å². The SMILES string of the molecule is CC(CN(C)C(=O)COc1ccc(C(C)(C)C)cc1)C(=O)O. The molecular formula is C17H25NO4. The van der Waals surface area contributed by atoms with Gasteiger partial charge in [-0.25, -0.2) is 0 Å². The van der Waals surface area contributed by atoms with E-state index in [2.05, 4.69) is 20.8 Å². The normalized spacial score (nSPS) is 12.6. The lowest BCUT2D eigenvalue weighted by molar-refractivity contribution is -0.143. The summed E-state index contributed by atoms with van der Waals surface area (Å²) < 4.78 is 5.46. The molecule has 1 amide bonds. The highest BCUT2D eigenvalue weighted by atomic mass is 16.5. The highest BCUT2D eigenvalue weighted by Gasteiger charge is 2.18. The average Bonchev–Trinajstić information content (AvgIpc) is 2.43. The van der Waals surface area contributed by atoms with E-state index < -0.39 is 11.9 Å². The summed E-state index contributed by atoms with van der Waals surface area (Å²) in [5.74, 6) is -1.13. The van der Waals surface area contributed by atoms with E-state index in [1.807, 2.05) is 24.3 Å². The van der Waals surface area contributed by atoms with E-state index in [4.69, 9.17) is 9.84 Å². The van der Waals surface area contributed by atoms with Crippen LogP contribution in [0.5, 0.6) is 5.75 Å². The van der Waals surface area contributed by atoms with Crippen molar-refractivity contribution in [1.29, 1.82) is 0 Å². The van der Waals surface area contributed by atoms with Gasteiger partial charge in [0.2, 0.25) is 0 Å². The second-order valence-corrected chi connectivity index (χ2v) is 6.58. The van der Waals surface area contributed by atoms with Crippen molar-refractivity contribution >= 4 is 11.9 Å². The fourth-order valence-corrected chi connectivity index (χ4v) is 1.90. The molecule has 0 aromatic heterocycles. The van der Waals surface area contributed by atoms with Crippen LogP contribution >= 0.6 is 0 Å². The van der Waals surface area contributed by atoms with Crippen LogP contribution in [0.15, 0.2) is 24.3 Å². The fourth-order valence-electron chi connectivity index (χ4n) is 1.90. The molecule has 5 nitrogen and oxygen atoms in total. The second kappa shape index (κ2) is 7.29. The van der Waals surface area contributed by atoms with E-state index in [0.29, 0.717) is 5.75 Å². The van der Waals surface area contributed by atoms with Crippen molar-refractivity contribution in [3.63, 3.8) is 0 Å². The van der Waals surface area contributed by atoms with Crippen LogP contribution in [-0.2, 0) is 15.0 Å². The fraction of sp³-hybridized carbons (Fsp3) is 0.529. The van der Waals surface area contributed by atoms with Gasteiger partial charge >= 0.3 is 5.97 Å². The third-order valence-electron chi connectivity index (χ3n) is 3.48. The maximum atomic E-state index is 11.9. The van der Waals surface area contributed by atoms with Gasteiger partial charge in [-0.1, -0.05) is 39.8 Å². The van der Waals surface area contributed by atoms with Gasteiger partial charge in [-0.05, 0) is 23.1 Å². The molecule has 1 aromatic carbocycles. The standard InChI is InChI=1S/C17H25NO4/c1-12(16(20)21)10-18(5)15(19)11-22-14-8-6-13(7-9-14)17(2,3)4/h6-9,12H,10-11H2,1-5H3,(H,20,21). The molecule has 5 heteroatoms. The highest BCUT2D eigenvalue weighted by molar-refractivity contribution is 5.78. The van der Waals surface area contributed by atoms with Crippen molar-refractivity contribution in [2.24, 2.45) is 5.92 Å². The number of benzene rings is 1. The summed E-state index contributed by atoms with van der Waals surface area (Å²) in [5, 5.41) is 8.84. The molecule has 0 bridgehead atoms. The molecule has 0 heterocycles. The third kappa shape index (κ3) is 5.39. The number of aliphatic carboxylic acids is 1. The van der Waals surface area contributed by atoms with Gasteiger partial charge in [0, 0.05) is 13.6 Å². The number of rotatable bonds is 6. The van der Waals surface area contributed by atoms with Crippen LogP contribution in [-0.4, -0.2) is 42.1 Å². The van der Waals surface area contributed by atoms with Gasteiger partial charge in [0.1, 0.15) is 5.75 Å². The molecule has 0 fully saturated rings. The number of hydrogen-bond donors (Lipinski definition) is 1. The molecule has 1 rings (SSSR count). The average molecular weight is 307 g/mol. The van der Waals surface area contributed by atoms with Gasteiger partial charge in [0.25, 0.3) is 5.91 Å². The van der Waals surface area contributed by atoms with Crippen LogP contribution in [0.4, 0.5) is 0 Å². The number of carbonyl (C=O) groups excluding carboxylic acids is 1. The van der Waals surface area contributed by atoms with Gasteiger partial charge in [-0.2, -0.15) is 0 Å². The Morgan fingerprint density at radius 2 is 1.77 bits per heavy atom. The van der Waals surface area contributed by atoms with E-state index in [9.17, 15) is 9.59 Å². The van der Waals surface area contributed by atoms with E-state index in [1.54, 1.807) is 14.0 Å². The summed E-state index contributed by atoms with van der Waals surface area (Å²) in [4.78, 5) is 24.1. The minimum absolute atomic E-state index is 0.0710. The molecule has 1 unspecified atom stereocenters. The Labute approximate surface area is 131 Å². The predicted octanol–water partition coefficient (Wildman–Crippen LogP) is 2.54. The zero-order chi connectivity index (χ0) is 16.9. The number of carboxylic acid groups (broad SMARTS) is 1. The minimum atomic E-state index is -0.918. The minimum Gasteiger partial charge on any atom is -0.484 e. The number of amides is 1. The first-order chi connectivity index (χ1) is 10.1. The maximum absolute atomic E-state index is 11.9. The second-order valence-electron chi connectivity index (χ2n) is 6.58. The summed E-state index contributed by atoms with van der Waals surface area (Å²) in [6.45, 7) is 8.03. The topological polar surface area (TPSA) is 66.8 Å². The number of likely N-dealkylation sites (N-methyl/N-ethyl adjacent to an activating group) is 1. The molecule has 1 atom stereocenters. The first-order valence-electron chi connectivity index (χ1n) is 7.31. The Kier molecular flexibility index (Phi) is 5.97. The summed E-state index contributed by atoms with van der Waals surface area (Å²) in [5.41, 5.74) is 1.26. The number of ether oxygens (including phenoxy) is 1. The van der Waals surface area contributed by atoms with Crippen LogP contribution < -0.4 is 4.74 Å².